The molecule has 1 heterocycles. The first-order chi connectivity index (χ1) is 14.0. The van der Waals surface area contributed by atoms with Crippen LogP contribution in [0.5, 0.6) is 23.0 Å². The molecule has 0 N–H and O–H groups in total. The second-order valence-corrected chi connectivity index (χ2v) is 6.84. The molecule has 0 unspecified atom stereocenters. The Kier molecular flexibility index (Phi) is 6.32. The molecule has 6 nitrogen and oxygen atoms in total. The normalized spacial score (nSPS) is 10.7. The summed E-state index contributed by atoms with van der Waals surface area (Å²) in [5.74, 6) is 2.73. The Balaban J connectivity index is 2.11. The molecule has 0 bridgehead atoms. The van der Waals surface area contributed by atoms with E-state index in [1.54, 1.807) is 21.3 Å². The van der Waals surface area contributed by atoms with Gasteiger partial charge in [-0.05, 0) is 48.1 Å². The zero-order chi connectivity index (χ0) is 21.0. The lowest BCUT2D eigenvalue weighted by Gasteiger charge is -2.21. The van der Waals surface area contributed by atoms with Crippen molar-refractivity contribution in [3.63, 3.8) is 0 Å². The monoisotopic (exact) mass is 396 g/mol. The van der Waals surface area contributed by atoms with Crippen LogP contribution in [0.1, 0.15) is 18.1 Å². The van der Waals surface area contributed by atoms with Crippen LogP contribution in [0.25, 0.3) is 10.8 Å². The van der Waals surface area contributed by atoms with E-state index in [0.29, 0.717) is 30.3 Å². The maximum Gasteiger partial charge on any atom is 0.203 e. The average Bonchev–Trinajstić information content (AvgIpc) is 2.72. The summed E-state index contributed by atoms with van der Waals surface area (Å²) in [6.07, 6.45) is 4.49. The predicted molar refractivity (Wildman–Crippen MR) is 116 cm³/mol. The Bertz CT molecular complexity index is 977. The molecule has 0 amide bonds. The van der Waals surface area contributed by atoms with Crippen molar-refractivity contribution >= 4 is 16.5 Å². The Morgan fingerprint density at radius 3 is 2.10 bits per heavy atom. The molecule has 0 aliphatic rings. The van der Waals surface area contributed by atoms with E-state index in [1.165, 1.54) is 0 Å². The Morgan fingerprint density at radius 2 is 1.55 bits per heavy atom. The molecule has 1 aromatic heterocycles. The number of benzene rings is 2. The minimum Gasteiger partial charge on any atom is -0.493 e. The van der Waals surface area contributed by atoms with Crippen molar-refractivity contribution in [1.82, 2.24) is 4.98 Å². The third-order valence-electron chi connectivity index (χ3n) is 4.83. The van der Waals surface area contributed by atoms with Crippen LogP contribution in [0, 0.1) is 0 Å². The van der Waals surface area contributed by atoms with E-state index in [-0.39, 0.29) is 0 Å². The van der Waals surface area contributed by atoms with E-state index in [4.69, 9.17) is 18.9 Å². The number of hydrogen-bond donors (Lipinski definition) is 0. The highest BCUT2D eigenvalue weighted by Crippen LogP contribution is 2.40. The van der Waals surface area contributed by atoms with E-state index >= 15 is 0 Å². The van der Waals surface area contributed by atoms with Crippen LogP contribution in [0.4, 0.5) is 5.69 Å². The van der Waals surface area contributed by atoms with Crippen LogP contribution in [0.3, 0.4) is 0 Å². The van der Waals surface area contributed by atoms with Crippen molar-refractivity contribution in [2.24, 2.45) is 0 Å². The summed E-state index contributed by atoms with van der Waals surface area (Å²) in [4.78, 5) is 6.57. The molecule has 154 valence electrons. The van der Waals surface area contributed by atoms with Gasteiger partial charge in [0, 0.05) is 31.9 Å². The third-order valence-corrected chi connectivity index (χ3v) is 4.83. The molecule has 0 saturated carbocycles. The minimum atomic E-state index is 0.589. The second-order valence-electron chi connectivity index (χ2n) is 6.84. The Labute approximate surface area is 172 Å². The summed E-state index contributed by atoms with van der Waals surface area (Å²) < 4.78 is 22.3. The average molecular weight is 396 g/mol. The summed E-state index contributed by atoms with van der Waals surface area (Å²) in [5.41, 5.74) is 3.20. The van der Waals surface area contributed by atoms with Crippen molar-refractivity contribution in [2.45, 2.75) is 13.3 Å². The first-order valence-corrected chi connectivity index (χ1v) is 9.52. The first-order valence-electron chi connectivity index (χ1n) is 9.52. The van der Waals surface area contributed by atoms with Gasteiger partial charge < -0.3 is 23.8 Å². The molecule has 6 heteroatoms. The van der Waals surface area contributed by atoms with E-state index in [1.807, 2.05) is 51.6 Å². The summed E-state index contributed by atoms with van der Waals surface area (Å²) in [7, 11) is 8.89. The lowest BCUT2D eigenvalue weighted by atomic mass is 9.99. The number of fused-ring (bicyclic) bond motifs is 1. The number of methoxy groups -OCH3 is 3. The van der Waals surface area contributed by atoms with Gasteiger partial charge in [0.15, 0.2) is 11.5 Å². The third kappa shape index (κ3) is 4.01. The van der Waals surface area contributed by atoms with Crippen LogP contribution >= 0.6 is 0 Å². The van der Waals surface area contributed by atoms with Crippen LogP contribution < -0.4 is 23.8 Å². The van der Waals surface area contributed by atoms with Gasteiger partial charge in [0.05, 0.1) is 33.6 Å². The number of hydrogen-bond acceptors (Lipinski definition) is 6. The van der Waals surface area contributed by atoms with E-state index in [2.05, 4.69) is 16.0 Å². The predicted octanol–water partition coefficient (Wildman–Crippen LogP) is 4.32. The molecule has 0 saturated heterocycles. The maximum atomic E-state index is 5.83. The van der Waals surface area contributed by atoms with E-state index in [0.717, 1.165) is 33.3 Å². The van der Waals surface area contributed by atoms with Crippen molar-refractivity contribution < 1.29 is 18.9 Å². The zero-order valence-electron chi connectivity index (χ0n) is 17.9. The summed E-state index contributed by atoms with van der Waals surface area (Å²) in [5, 5.41) is 2.20. The lowest BCUT2D eigenvalue weighted by molar-refractivity contribution is 0.324. The van der Waals surface area contributed by atoms with E-state index in [9.17, 15) is 0 Å². The zero-order valence-corrected chi connectivity index (χ0v) is 17.9. The molecular weight excluding hydrogens is 368 g/mol. The number of ether oxygens (including phenoxy) is 4. The fourth-order valence-corrected chi connectivity index (χ4v) is 3.60. The van der Waals surface area contributed by atoms with Gasteiger partial charge in [0.1, 0.15) is 5.75 Å². The fraction of sp³-hybridized carbons (Fsp3) is 0.348. The van der Waals surface area contributed by atoms with Crippen LogP contribution in [0.15, 0.2) is 36.7 Å². The lowest BCUT2D eigenvalue weighted by Crippen LogP contribution is -2.12. The summed E-state index contributed by atoms with van der Waals surface area (Å²) >= 11 is 0. The van der Waals surface area contributed by atoms with Crippen molar-refractivity contribution in [3.05, 3.63) is 47.8 Å². The smallest absolute Gasteiger partial charge is 0.203 e. The molecule has 3 aromatic rings. The number of rotatable bonds is 8. The number of anilines is 1. The number of aromatic nitrogens is 1. The molecule has 0 spiro atoms. The molecule has 0 radical (unpaired) electrons. The standard InChI is InChI=1S/C23H28N2O4/c1-7-29-19-9-8-17-16(13-24-14-18(17)22(19)25(2)3)10-15-11-20(26-4)23(28-6)21(12-15)27-5/h8-9,11-14H,7,10H2,1-6H3. The van der Waals surface area contributed by atoms with Crippen LogP contribution in [-0.2, 0) is 6.42 Å². The highest BCUT2D eigenvalue weighted by molar-refractivity contribution is 5.98. The molecule has 0 aliphatic carbocycles. The molecule has 2 aromatic carbocycles. The van der Waals surface area contributed by atoms with Gasteiger partial charge in [0.2, 0.25) is 5.75 Å². The van der Waals surface area contributed by atoms with Crippen molar-refractivity contribution in [3.8, 4) is 23.0 Å². The van der Waals surface area contributed by atoms with E-state index < -0.39 is 0 Å². The van der Waals surface area contributed by atoms with Gasteiger partial charge in [0.25, 0.3) is 0 Å². The highest BCUT2D eigenvalue weighted by Gasteiger charge is 2.16. The summed E-state index contributed by atoms with van der Waals surface area (Å²) in [6, 6.07) is 8.07. The van der Waals surface area contributed by atoms with Gasteiger partial charge in [-0.15, -0.1) is 0 Å². The van der Waals surface area contributed by atoms with Gasteiger partial charge in [-0.1, -0.05) is 6.07 Å². The SMILES string of the molecule is CCOc1ccc2c(Cc3cc(OC)c(OC)c(OC)c3)cncc2c1N(C)C. The molecule has 0 atom stereocenters. The molecular formula is C23H28N2O4. The first kappa shape index (κ1) is 20.6. The molecule has 3 rings (SSSR count). The minimum absolute atomic E-state index is 0.589. The highest BCUT2D eigenvalue weighted by atomic mass is 16.5. The van der Waals surface area contributed by atoms with Gasteiger partial charge in [-0.3, -0.25) is 4.98 Å². The topological polar surface area (TPSA) is 53.1 Å². The quantitative estimate of drug-likeness (QED) is 0.565. The van der Waals surface area contributed by atoms with Crippen LogP contribution in [-0.4, -0.2) is 47.0 Å². The number of pyridine rings is 1. The van der Waals surface area contributed by atoms with Gasteiger partial charge in [-0.25, -0.2) is 0 Å². The second kappa shape index (κ2) is 8.90. The maximum absolute atomic E-state index is 5.83. The van der Waals surface area contributed by atoms with Crippen LogP contribution in [0.2, 0.25) is 0 Å². The Hall–Kier alpha value is -3.15. The summed E-state index contributed by atoms with van der Waals surface area (Å²) in [6.45, 7) is 2.60. The molecule has 29 heavy (non-hydrogen) atoms. The molecule has 0 aliphatic heterocycles. The molecule has 0 fully saturated rings. The number of nitrogens with zero attached hydrogens (tertiary/aromatic N) is 2. The largest absolute Gasteiger partial charge is 0.493 e. The fourth-order valence-electron chi connectivity index (χ4n) is 3.60. The van der Waals surface area contributed by atoms with Crippen molar-refractivity contribution in [1.29, 1.82) is 0 Å². The van der Waals surface area contributed by atoms with Crippen molar-refractivity contribution in [2.75, 3.05) is 46.9 Å². The Morgan fingerprint density at radius 1 is 0.862 bits per heavy atom. The van der Waals surface area contributed by atoms with Gasteiger partial charge in [-0.2, -0.15) is 0 Å². The van der Waals surface area contributed by atoms with Gasteiger partial charge >= 0.3 is 0 Å².